The lowest BCUT2D eigenvalue weighted by atomic mass is 10.1. The van der Waals surface area contributed by atoms with Crippen molar-refractivity contribution in [1.82, 2.24) is 4.90 Å². The Kier molecular flexibility index (Phi) is 1.91. The molecule has 1 fully saturated rings. The third-order valence-electron chi connectivity index (χ3n) is 3.00. The monoisotopic (exact) mass is 180 g/mol. The van der Waals surface area contributed by atoms with Crippen LogP contribution in [0.25, 0.3) is 0 Å². The normalized spacial score (nSPS) is 33.5. The highest BCUT2D eigenvalue weighted by Gasteiger charge is 2.31. The van der Waals surface area contributed by atoms with Gasteiger partial charge in [-0.05, 0) is 26.3 Å². The molecule has 2 aliphatic heterocycles. The highest BCUT2D eigenvalue weighted by molar-refractivity contribution is 5.83. The minimum absolute atomic E-state index is 0.208. The number of rotatable bonds is 0. The standard InChI is InChI=1S/C10H16N2O/c1-6-7(2)11-8(3)12-5-9(13)4-10(6)12/h7,9,13H,4-5H2,1-3H3/t7-,9+/m1/s1. The van der Waals surface area contributed by atoms with Crippen molar-refractivity contribution in [3.8, 4) is 0 Å². The first-order chi connectivity index (χ1) is 6.09. The van der Waals surface area contributed by atoms with Gasteiger partial charge in [-0.2, -0.15) is 0 Å². The summed E-state index contributed by atoms with van der Waals surface area (Å²) in [5, 5.41) is 9.55. The summed E-state index contributed by atoms with van der Waals surface area (Å²) in [5.74, 6) is 1.05. The van der Waals surface area contributed by atoms with E-state index in [9.17, 15) is 5.11 Å². The fourth-order valence-corrected chi connectivity index (χ4v) is 2.11. The van der Waals surface area contributed by atoms with E-state index in [1.807, 2.05) is 6.92 Å². The van der Waals surface area contributed by atoms with E-state index in [1.165, 1.54) is 11.3 Å². The molecule has 0 aromatic rings. The summed E-state index contributed by atoms with van der Waals surface area (Å²) in [6.07, 6.45) is 0.587. The van der Waals surface area contributed by atoms with Crippen LogP contribution in [0.1, 0.15) is 27.2 Å². The van der Waals surface area contributed by atoms with Crippen LogP contribution in [0.2, 0.25) is 0 Å². The SMILES string of the molecule is CC1=N[C@H](C)C(C)=C2C[C@H](O)CN12. The number of amidine groups is 1. The average molecular weight is 180 g/mol. The highest BCUT2D eigenvalue weighted by Crippen LogP contribution is 2.30. The van der Waals surface area contributed by atoms with Crippen LogP contribution in [-0.2, 0) is 0 Å². The van der Waals surface area contributed by atoms with E-state index in [1.54, 1.807) is 0 Å². The van der Waals surface area contributed by atoms with E-state index in [2.05, 4.69) is 23.7 Å². The summed E-state index contributed by atoms with van der Waals surface area (Å²) >= 11 is 0. The maximum Gasteiger partial charge on any atom is 0.101 e. The molecule has 0 radical (unpaired) electrons. The van der Waals surface area contributed by atoms with Gasteiger partial charge in [0.25, 0.3) is 0 Å². The number of hydrogen-bond acceptors (Lipinski definition) is 3. The topological polar surface area (TPSA) is 35.8 Å². The Hall–Kier alpha value is -0.830. The quantitative estimate of drug-likeness (QED) is 0.607. The van der Waals surface area contributed by atoms with Gasteiger partial charge in [-0.25, -0.2) is 0 Å². The van der Waals surface area contributed by atoms with E-state index >= 15 is 0 Å². The second-order valence-corrected chi connectivity index (χ2v) is 3.95. The molecule has 0 bridgehead atoms. The predicted octanol–water partition coefficient (Wildman–Crippen LogP) is 1.15. The maximum absolute atomic E-state index is 9.55. The van der Waals surface area contributed by atoms with Crippen molar-refractivity contribution in [1.29, 1.82) is 0 Å². The molecule has 0 saturated carbocycles. The molecular weight excluding hydrogens is 164 g/mol. The van der Waals surface area contributed by atoms with Crippen LogP contribution in [0.4, 0.5) is 0 Å². The van der Waals surface area contributed by atoms with E-state index in [0.717, 1.165) is 12.3 Å². The van der Waals surface area contributed by atoms with Crippen LogP contribution >= 0.6 is 0 Å². The Bertz CT molecular complexity index is 293. The molecule has 2 rings (SSSR count). The fraction of sp³-hybridized carbons (Fsp3) is 0.700. The van der Waals surface area contributed by atoms with Gasteiger partial charge in [-0.3, -0.25) is 4.99 Å². The molecule has 0 aliphatic carbocycles. The summed E-state index contributed by atoms with van der Waals surface area (Å²) in [6, 6.07) is 0.288. The fourth-order valence-electron chi connectivity index (χ4n) is 2.11. The molecule has 0 unspecified atom stereocenters. The summed E-state index contributed by atoms with van der Waals surface area (Å²) < 4.78 is 0. The van der Waals surface area contributed by atoms with Gasteiger partial charge in [0.05, 0.1) is 18.7 Å². The molecule has 0 aromatic heterocycles. The molecule has 0 spiro atoms. The van der Waals surface area contributed by atoms with Crippen molar-refractivity contribution in [2.24, 2.45) is 4.99 Å². The zero-order chi connectivity index (χ0) is 9.59. The van der Waals surface area contributed by atoms with Gasteiger partial charge >= 0.3 is 0 Å². The van der Waals surface area contributed by atoms with Crippen molar-refractivity contribution in [2.75, 3.05) is 6.54 Å². The van der Waals surface area contributed by atoms with Gasteiger partial charge in [0.1, 0.15) is 5.84 Å². The van der Waals surface area contributed by atoms with Crippen LogP contribution in [0.3, 0.4) is 0 Å². The van der Waals surface area contributed by atoms with Gasteiger partial charge < -0.3 is 10.0 Å². The first kappa shape index (κ1) is 8.75. The van der Waals surface area contributed by atoms with E-state index < -0.39 is 0 Å². The first-order valence-corrected chi connectivity index (χ1v) is 4.79. The summed E-state index contributed by atoms with van der Waals surface area (Å²) in [6.45, 7) is 6.95. The van der Waals surface area contributed by atoms with Gasteiger partial charge in [-0.1, -0.05) is 0 Å². The maximum atomic E-state index is 9.55. The van der Waals surface area contributed by atoms with Crippen molar-refractivity contribution in [2.45, 2.75) is 39.3 Å². The lowest BCUT2D eigenvalue weighted by Gasteiger charge is -2.28. The Morgan fingerprint density at radius 2 is 2.15 bits per heavy atom. The van der Waals surface area contributed by atoms with Crippen LogP contribution in [0, 0.1) is 0 Å². The van der Waals surface area contributed by atoms with Crippen molar-refractivity contribution in [3.05, 3.63) is 11.3 Å². The van der Waals surface area contributed by atoms with E-state index in [0.29, 0.717) is 6.54 Å². The number of fused-ring (bicyclic) bond motifs is 1. The van der Waals surface area contributed by atoms with Crippen molar-refractivity contribution >= 4 is 5.84 Å². The molecule has 13 heavy (non-hydrogen) atoms. The molecule has 3 nitrogen and oxygen atoms in total. The molecule has 1 saturated heterocycles. The van der Waals surface area contributed by atoms with E-state index in [4.69, 9.17) is 0 Å². The number of nitrogens with zero attached hydrogens (tertiary/aromatic N) is 2. The second kappa shape index (κ2) is 2.84. The van der Waals surface area contributed by atoms with Crippen LogP contribution in [-0.4, -0.2) is 34.5 Å². The molecule has 2 atom stereocenters. The number of aliphatic hydroxyl groups is 1. The highest BCUT2D eigenvalue weighted by atomic mass is 16.3. The molecule has 0 amide bonds. The second-order valence-electron chi connectivity index (χ2n) is 3.95. The molecule has 0 aromatic carbocycles. The molecular formula is C10H16N2O. The molecule has 2 heterocycles. The van der Waals surface area contributed by atoms with Gasteiger partial charge in [0.15, 0.2) is 0 Å². The Morgan fingerprint density at radius 1 is 1.46 bits per heavy atom. The molecule has 1 N–H and O–H groups in total. The number of hydrogen-bond donors (Lipinski definition) is 1. The Labute approximate surface area is 78.8 Å². The lowest BCUT2D eigenvalue weighted by Crippen LogP contribution is -2.32. The Morgan fingerprint density at radius 3 is 2.85 bits per heavy atom. The average Bonchev–Trinajstić information content (AvgIpc) is 2.44. The minimum Gasteiger partial charge on any atom is -0.391 e. The van der Waals surface area contributed by atoms with Crippen LogP contribution < -0.4 is 0 Å². The first-order valence-electron chi connectivity index (χ1n) is 4.79. The van der Waals surface area contributed by atoms with Gasteiger partial charge in [0.2, 0.25) is 0 Å². The van der Waals surface area contributed by atoms with Crippen molar-refractivity contribution in [3.63, 3.8) is 0 Å². The zero-order valence-corrected chi connectivity index (χ0v) is 8.41. The van der Waals surface area contributed by atoms with Crippen molar-refractivity contribution < 1.29 is 5.11 Å². The molecule has 2 aliphatic rings. The summed E-state index contributed by atoms with van der Waals surface area (Å²) in [7, 11) is 0. The van der Waals surface area contributed by atoms with E-state index in [-0.39, 0.29) is 12.1 Å². The number of aliphatic imine (C=N–C) groups is 1. The predicted molar refractivity (Wildman–Crippen MR) is 52.6 cm³/mol. The Balaban J connectivity index is 2.37. The number of aliphatic hydroxyl groups excluding tert-OH is 1. The third kappa shape index (κ3) is 1.27. The van der Waals surface area contributed by atoms with Gasteiger partial charge in [-0.15, -0.1) is 0 Å². The zero-order valence-electron chi connectivity index (χ0n) is 8.41. The summed E-state index contributed by atoms with van der Waals surface area (Å²) in [4.78, 5) is 6.65. The van der Waals surface area contributed by atoms with Crippen LogP contribution in [0.15, 0.2) is 16.3 Å². The molecule has 3 heteroatoms. The smallest absolute Gasteiger partial charge is 0.101 e. The summed E-state index contributed by atoms with van der Waals surface area (Å²) in [5.41, 5.74) is 2.59. The molecule has 72 valence electrons. The third-order valence-corrected chi connectivity index (χ3v) is 3.00. The largest absolute Gasteiger partial charge is 0.391 e. The van der Waals surface area contributed by atoms with Crippen LogP contribution in [0.5, 0.6) is 0 Å². The lowest BCUT2D eigenvalue weighted by molar-refractivity contribution is 0.188. The minimum atomic E-state index is -0.208. The van der Waals surface area contributed by atoms with Gasteiger partial charge in [0, 0.05) is 12.1 Å².